The van der Waals surface area contributed by atoms with E-state index in [9.17, 15) is 4.79 Å². The molecule has 5 nitrogen and oxygen atoms in total. The average molecular weight is 312 g/mol. The summed E-state index contributed by atoms with van der Waals surface area (Å²) >= 11 is 0. The van der Waals surface area contributed by atoms with Crippen molar-refractivity contribution in [1.82, 2.24) is 0 Å². The molecule has 1 aromatic rings. The summed E-state index contributed by atoms with van der Waals surface area (Å²) in [7, 11) is 1.65. The van der Waals surface area contributed by atoms with Gasteiger partial charge >= 0.3 is 0 Å². The lowest BCUT2D eigenvalue weighted by molar-refractivity contribution is -0.161. The molecule has 0 aromatic heterocycles. The first-order chi connectivity index (χ1) is 10.9. The molecule has 0 heterocycles. The quantitative estimate of drug-likeness (QED) is 0.647. The maximum atomic E-state index is 12.5. The third kappa shape index (κ3) is 2.76. The van der Waals surface area contributed by atoms with Gasteiger partial charge in [-0.1, -0.05) is 13.0 Å². The van der Waals surface area contributed by atoms with E-state index in [1.807, 2.05) is 32.0 Å². The topological polar surface area (TPSA) is 79.8 Å². The van der Waals surface area contributed by atoms with Crippen LogP contribution in [0.15, 0.2) is 28.2 Å². The fourth-order valence-corrected chi connectivity index (χ4v) is 3.77. The summed E-state index contributed by atoms with van der Waals surface area (Å²) in [6.45, 7) is 4.02. The van der Waals surface area contributed by atoms with E-state index in [4.69, 9.17) is 5.73 Å². The molecule has 0 radical (unpaired) electrons. The minimum Gasteiger partial charge on any atom is -0.383 e. The van der Waals surface area contributed by atoms with Gasteiger partial charge in [0.05, 0.1) is 0 Å². The van der Waals surface area contributed by atoms with E-state index in [1.54, 1.807) is 7.05 Å². The molecule has 0 aliphatic heterocycles. The highest BCUT2D eigenvalue weighted by atomic mass is 16.1. The Morgan fingerprint density at radius 1 is 1.43 bits per heavy atom. The lowest BCUT2D eigenvalue weighted by Crippen LogP contribution is -2.58. The van der Waals surface area contributed by atoms with Crippen LogP contribution in [0.25, 0.3) is 0 Å². The van der Waals surface area contributed by atoms with Crippen molar-refractivity contribution in [2.45, 2.75) is 33.1 Å². The second-order valence-electron chi connectivity index (χ2n) is 6.97. The average Bonchev–Trinajstić information content (AvgIpc) is 2.43. The van der Waals surface area contributed by atoms with Crippen LogP contribution < -0.4 is 11.1 Å². The Bertz CT molecular complexity index is 675. The molecule has 3 saturated carbocycles. The lowest BCUT2D eigenvalue weighted by atomic mass is 9.40. The molecular weight excluding hydrogens is 288 g/mol. The Kier molecular flexibility index (Phi) is 3.96. The van der Waals surface area contributed by atoms with E-state index < -0.39 is 0 Å². The van der Waals surface area contributed by atoms with E-state index in [0.717, 1.165) is 22.7 Å². The molecule has 1 atom stereocenters. The summed E-state index contributed by atoms with van der Waals surface area (Å²) in [6.07, 6.45) is 5.08. The van der Waals surface area contributed by atoms with E-state index in [1.165, 1.54) is 25.6 Å². The number of carbonyl (C=O) groups excluding carboxylic acids is 1. The zero-order valence-electron chi connectivity index (χ0n) is 14.0. The van der Waals surface area contributed by atoms with Crippen LogP contribution in [0.3, 0.4) is 0 Å². The Labute approximate surface area is 137 Å². The van der Waals surface area contributed by atoms with Crippen molar-refractivity contribution >= 4 is 23.8 Å². The van der Waals surface area contributed by atoms with E-state index in [0.29, 0.717) is 5.84 Å². The van der Waals surface area contributed by atoms with Gasteiger partial charge < -0.3 is 11.1 Å². The number of hydrogen-bond acceptors (Lipinski definition) is 2. The molecule has 4 rings (SSSR count). The SMILES string of the molecule is CN=CN=C(N)c1cc(NC(=O)[C@H](C)C23CC(C2)C3)ccc1C. The molecule has 5 heteroatoms. The van der Waals surface area contributed by atoms with Crippen molar-refractivity contribution in [2.75, 3.05) is 12.4 Å². The van der Waals surface area contributed by atoms with Gasteiger partial charge in [0.2, 0.25) is 5.91 Å². The van der Waals surface area contributed by atoms with Crippen LogP contribution in [-0.4, -0.2) is 25.1 Å². The third-order valence-electron chi connectivity index (χ3n) is 5.49. The molecule has 3 aliphatic rings. The minimum absolute atomic E-state index is 0.0653. The molecular formula is C18H24N4O. The maximum Gasteiger partial charge on any atom is 0.227 e. The molecule has 3 N–H and O–H groups in total. The Hall–Kier alpha value is -2.17. The first-order valence-electron chi connectivity index (χ1n) is 8.11. The summed E-state index contributed by atoms with van der Waals surface area (Å²) < 4.78 is 0. The van der Waals surface area contributed by atoms with Gasteiger partial charge in [0.25, 0.3) is 0 Å². The number of amidine groups is 1. The summed E-state index contributed by atoms with van der Waals surface area (Å²) in [6, 6.07) is 5.74. The number of nitrogens with one attached hydrogen (secondary N) is 1. The van der Waals surface area contributed by atoms with Crippen molar-refractivity contribution in [3.63, 3.8) is 0 Å². The van der Waals surface area contributed by atoms with Gasteiger partial charge in [-0.05, 0) is 55.2 Å². The second-order valence-corrected chi connectivity index (χ2v) is 6.97. The Balaban J connectivity index is 1.74. The van der Waals surface area contributed by atoms with E-state index in [2.05, 4.69) is 15.3 Å². The number of nitrogens with two attached hydrogens (primary N) is 1. The first kappa shape index (κ1) is 15.7. The smallest absolute Gasteiger partial charge is 0.227 e. The third-order valence-corrected chi connectivity index (χ3v) is 5.49. The van der Waals surface area contributed by atoms with Crippen molar-refractivity contribution in [2.24, 2.45) is 33.0 Å². The second kappa shape index (κ2) is 5.80. The van der Waals surface area contributed by atoms with Crippen LogP contribution in [0.5, 0.6) is 0 Å². The number of aryl methyl sites for hydroxylation is 1. The standard InChI is InChI=1S/C18H24N4O/c1-11-4-5-14(6-15(11)16(19)21-10-20-3)22-17(23)12(2)18-7-13(8-18)9-18/h4-6,10,12-13H,7-9H2,1-3H3,(H,22,23)(H2,19,20,21)/t12-,13?,18?/m0/s1. The highest BCUT2D eigenvalue weighted by Crippen LogP contribution is 2.68. The molecule has 3 fully saturated rings. The van der Waals surface area contributed by atoms with Crippen molar-refractivity contribution in [3.8, 4) is 0 Å². The van der Waals surface area contributed by atoms with E-state index >= 15 is 0 Å². The number of rotatable bonds is 5. The first-order valence-corrected chi connectivity index (χ1v) is 8.11. The largest absolute Gasteiger partial charge is 0.383 e. The zero-order valence-corrected chi connectivity index (χ0v) is 14.0. The van der Waals surface area contributed by atoms with Crippen molar-refractivity contribution in [1.29, 1.82) is 0 Å². The zero-order chi connectivity index (χ0) is 16.6. The lowest BCUT2D eigenvalue weighted by Gasteiger charge is -2.64. The van der Waals surface area contributed by atoms with Crippen LogP contribution in [-0.2, 0) is 4.79 Å². The Morgan fingerprint density at radius 2 is 2.13 bits per heavy atom. The van der Waals surface area contributed by atoms with Gasteiger partial charge in [-0.25, -0.2) is 4.99 Å². The highest BCUT2D eigenvalue weighted by molar-refractivity contribution is 6.03. The van der Waals surface area contributed by atoms with E-state index in [-0.39, 0.29) is 17.2 Å². The molecule has 0 unspecified atom stereocenters. The number of hydrogen-bond donors (Lipinski definition) is 2. The maximum absolute atomic E-state index is 12.5. The molecule has 122 valence electrons. The fourth-order valence-electron chi connectivity index (χ4n) is 3.77. The Morgan fingerprint density at radius 3 is 2.70 bits per heavy atom. The summed E-state index contributed by atoms with van der Waals surface area (Å²) in [5.74, 6) is 1.45. The van der Waals surface area contributed by atoms with Crippen molar-refractivity contribution < 1.29 is 4.79 Å². The molecule has 1 aromatic carbocycles. The minimum atomic E-state index is 0.0653. The van der Waals surface area contributed by atoms with Crippen molar-refractivity contribution in [3.05, 3.63) is 29.3 Å². The molecule has 3 aliphatic carbocycles. The monoisotopic (exact) mass is 312 g/mol. The summed E-state index contributed by atoms with van der Waals surface area (Å²) in [5, 5.41) is 3.04. The summed E-state index contributed by atoms with van der Waals surface area (Å²) in [4.78, 5) is 20.4. The van der Waals surface area contributed by atoms with Crippen LogP contribution in [0.4, 0.5) is 5.69 Å². The van der Waals surface area contributed by atoms with Gasteiger partial charge in [0.1, 0.15) is 12.2 Å². The van der Waals surface area contributed by atoms with Gasteiger partial charge in [0.15, 0.2) is 0 Å². The van der Waals surface area contributed by atoms with Gasteiger partial charge in [0, 0.05) is 24.2 Å². The number of nitrogens with zero attached hydrogens (tertiary/aromatic N) is 2. The molecule has 2 bridgehead atoms. The van der Waals surface area contributed by atoms with Crippen LogP contribution in [0, 0.1) is 24.2 Å². The number of amides is 1. The molecule has 0 spiro atoms. The number of anilines is 1. The highest BCUT2D eigenvalue weighted by Gasteiger charge is 2.60. The number of aliphatic imine (C=N–C) groups is 2. The molecule has 23 heavy (non-hydrogen) atoms. The molecule has 1 amide bonds. The molecule has 0 saturated heterocycles. The van der Waals surface area contributed by atoms with Crippen LogP contribution in [0.2, 0.25) is 0 Å². The fraction of sp³-hybridized carbons (Fsp3) is 0.500. The normalized spacial score (nSPS) is 27.3. The number of carbonyl (C=O) groups is 1. The van der Waals surface area contributed by atoms with Crippen LogP contribution in [0.1, 0.15) is 37.3 Å². The van der Waals surface area contributed by atoms with Gasteiger partial charge in [-0.2, -0.15) is 0 Å². The van der Waals surface area contributed by atoms with Gasteiger partial charge in [-0.15, -0.1) is 0 Å². The number of benzene rings is 1. The van der Waals surface area contributed by atoms with Crippen LogP contribution >= 0.6 is 0 Å². The van der Waals surface area contributed by atoms with Gasteiger partial charge in [-0.3, -0.25) is 9.79 Å². The predicted octanol–water partition coefficient (Wildman–Crippen LogP) is 2.73. The predicted molar refractivity (Wildman–Crippen MR) is 93.9 cm³/mol. The summed E-state index contributed by atoms with van der Waals surface area (Å²) in [5.41, 5.74) is 8.87.